The number of rotatable bonds is 5. The molecule has 0 radical (unpaired) electrons. The summed E-state index contributed by atoms with van der Waals surface area (Å²) in [6.45, 7) is 6.86. The van der Waals surface area contributed by atoms with Crippen LogP contribution in [0.25, 0.3) is 0 Å². The number of carbonyl (C=O) groups is 1. The molecule has 1 amide bonds. The summed E-state index contributed by atoms with van der Waals surface area (Å²) in [4.78, 5) is 15.7. The summed E-state index contributed by atoms with van der Waals surface area (Å²) in [7, 11) is 0. The summed E-state index contributed by atoms with van der Waals surface area (Å²) >= 11 is 0. The van der Waals surface area contributed by atoms with Crippen LogP contribution in [0.1, 0.15) is 23.6 Å². The molecule has 0 bridgehead atoms. The maximum Gasteiger partial charge on any atom is 0.411 e. The normalized spacial score (nSPS) is 9.79. The average Bonchev–Trinajstić information content (AvgIpc) is 2.49. The third kappa shape index (κ3) is 5.03. The quantitative estimate of drug-likeness (QED) is 0.761. The van der Waals surface area contributed by atoms with Crippen molar-refractivity contribution in [3.8, 4) is 0 Å². The highest BCUT2D eigenvalue weighted by molar-refractivity contribution is 5.88. The van der Waals surface area contributed by atoms with Crippen LogP contribution in [0, 0.1) is 13.8 Å². The Hall–Kier alpha value is -2.47. The van der Waals surface area contributed by atoms with E-state index in [-0.39, 0.29) is 18.2 Å². The molecule has 7 heteroatoms. The molecule has 0 spiro atoms. The molecular weight excluding hydrogens is 328 g/mol. The standard InChI is InChI=1S/C17H22N4O2.ClH/c1-4-23-17(22)20-14-8-9-15(21-16(14)18)19-10-13-11(2)6-5-7-12(13)3;/h5-9H,4,10H2,1-3H3,(H,20,22)(H3,18,19,21);1H. The van der Waals surface area contributed by atoms with E-state index in [9.17, 15) is 4.79 Å². The van der Waals surface area contributed by atoms with Crippen LogP contribution in [0.4, 0.5) is 22.1 Å². The summed E-state index contributed by atoms with van der Waals surface area (Å²) in [5, 5.41) is 5.81. The molecule has 1 heterocycles. The van der Waals surface area contributed by atoms with Gasteiger partial charge in [0.15, 0.2) is 0 Å². The van der Waals surface area contributed by atoms with Gasteiger partial charge in [-0.25, -0.2) is 9.78 Å². The van der Waals surface area contributed by atoms with E-state index in [2.05, 4.69) is 41.6 Å². The Labute approximate surface area is 148 Å². The number of hydrogen-bond donors (Lipinski definition) is 3. The van der Waals surface area contributed by atoms with Crippen molar-refractivity contribution in [2.45, 2.75) is 27.3 Å². The van der Waals surface area contributed by atoms with Crippen molar-refractivity contribution in [2.24, 2.45) is 0 Å². The maximum atomic E-state index is 11.4. The third-order valence-electron chi connectivity index (χ3n) is 3.53. The van der Waals surface area contributed by atoms with Crippen molar-refractivity contribution >= 4 is 35.8 Å². The number of nitrogens with zero attached hydrogens (tertiary/aromatic N) is 1. The second-order valence-corrected chi connectivity index (χ2v) is 5.20. The van der Waals surface area contributed by atoms with Gasteiger partial charge in [-0.3, -0.25) is 5.32 Å². The van der Waals surface area contributed by atoms with Crippen molar-refractivity contribution in [2.75, 3.05) is 23.0 Å². The van der Waals surface area contributed by atoms with Crippen LogP contribution >= 0.6 is 12.4 Å². The van der Waals surface area contributed by atoms with Crippen LogP contribution in [0.5, 0.6) is 0 Å². The van der Waals surface area contributed by atoms with Gasteiger partial charge in [-0.1, -0.05) is 18.2 Å². The largest absolute Gasteiger partial charge is 0.450 e. The van der Waals surface area contributed by atoms with E-state index in [1.165, 1.54) is 16.7 Å². The second-order valence-electron chi connectivity index (χ2n) is 5.20. The van der Waals surface area contributed by atoms with E-state index < -0.39 is 6.09 Å². The Morgan fingerprint density at radius 3 is 2.46 bits per heavy atom. The molecule has 0 fully saturated rings. The van der Waals surface area contributed by atoms with E-state index in [0.29, 0.717) is 24.7 Å². The van der Waals surface area contributed by atoms with Crippen molar-refractivity contribution in [3.05, 3.63) is 47.0 Å². The van der Waals surface area contributed by atoms with Gasteiger partial charge >= 0.3 is 6.09 Å². The summed E-state index contributed by atoms with van der Waals surface area (Å²) in [6, 6.07) is 9.67. The Kier molecular flexibility index (Phi) is 7.32. The van der Waals surface area contributed by atoms with Gasteiger partial charge in [-0.05, 0) is 49.6 Å². The number of ether oxygens (including phenoxy) is 1. The molecule has 0 saturated carbocycles. The van der Waals surface area contributed by atoms with Crippen molar-refractivity contribution in [1.82, 2.24) is 4.98 Å². The van der Waals surface area contributed by atoms with Crippen molar-refractivity contribution < 1.29 is 9.53 Å². The van der Waals surface area contributed by atoms with Gasteiger partial charge in [-0.2, -0.15) is 0 Å². The highest BCUT2D eigenvalue weighted by Crippen LogP contribution is 2.20. The number of halogens is 1. The van der Waals surface area contributed by atoms with Crippen LogP contribution in [-0.4, -0.2) is 17.7 Å². The fourth-order valence-corrected chi connectivity index (χ4v) is 2.26. The number of nitrogens with one attached hydrogen (secondary N) is 2. The molecule has 0 unspecified atom stereocenters. The summed E-state index contributed by atoms with van der Waals surface area (Å²) < 4.78 is 4.81. The lowest BCUT2D eigenvalue weighted by Gasteiger charge is -2.13. The van der Waals surface area contributed by atoms with E-state index >= 15 is 0 Å². The number of aryl methyl sites for hydroxylation is 2. The number of nitrogen functional groups attached to an aromatic ring is 1. The highest BCUT2D eigenvalue weighted by atomic mass is 35.5. The number of hydrogen-bond acceptors (Lipinski definition) is 5. The zero-order valence-electron chi connectivity index (χ0n) is 14.1. The lowest BCUT2D eigenvalue weighted by Crippen LogP contribution is -2.15. The molecule has 0 aliphatic rings. The zero-order chi connectivity index (χ0) is 16.8. The first-order chi connectivity index (χ1) is 11.0. The van der Waals surface area contributed by atoms with Gasteiger partial charge in [0.25, 0.3) is 0 Å². The first kappa shape index (κ1) is 19.6. The molecule has 130 valence electrons. The molecule has 0 saturated heterocycles. The van der Waals surface area contributed by atoms with E-state index in [1.807, 2.05) is 6.07 Å². The molecular formula is C17H23ClN4O2. The lowest BCUT2D eigenvalue weighted by atomic mass is 10.0. The molecule has 1 aromatic heterocycles. The minimum absolute atomic E-state index is 0. The molecule has 1 aromatic carbocycles. The fourth-order valence-electron chi connectivity index (χ4n) is 2.26. The van der Waals surface area contributed by atoms with Gasteiger partial charge in [0.1, 0.15) is 11.6 Å². The zero-order valence-corrected chi connectivity index (χ0v) is 14.9. The first-order valence-corrected chi connectivity index (χ1v) is 7.50. The van der Waals surface area contributed by atoms with Crippen LogP contribution in [0.3, 0.4) is 0 Å². The minimum atomic E-state index is -0.544. The highest BCUT2D eigenvalue weighted by Gasteiger charge is 2.08. The first-order valence-electron chi connectivity index (χ1n) is 7.50. The van der Waals surface area contributed by atoms with Crippen molar-refractivity contribution in [1.29, 1.82) is 0 Å². The fraction of sp³-hybridized carbons (Fsp3) is 0.294. The maximum absolute atomic E-state index is 11.4. The summed E-state index contributed by atoms with van der Waals surface area (Å²) in [6.07, 6.45) is -0.544. The number of anilines is 3. The molecule has 2 rings (SSSR count). The predicted octanol–water partition coefficient (Wildman–Crippen LogP) is 3.88. The topological polar surface area (TPSA) is 89.3 Å². The van der Waals surface area contributed by atoms with Gasteiger partial charge in [0.2, 0.25) is 0 Å². The Balaban J connectivity index is 0.00000288. The molecule has 4 N–H and O–H groups in total. The number of nitrogens with two attached hydrogens (primary N) is 1. The average molecular weight is 351 g/mol. The molecule has 6 nitrogen and oxygen atoms in total. The number of aromatic nitrogens is 1. The van der Waals surface area contributed by atoms with Crippen LogP contribution in [0.2, 0.25) is 0 Å². The summed E-state index contributed by atoms with van der Waals surface area (Å²) in [5.41, 5.74) is 10.00. The summed E-state index contributed by atoms with van der Waals surface area (Å²) in [5.74, 6) is 0.893. The lowest BCUT2D eigenvalue weighted by molar-refractivity contribution is 0.168. The van der Waals surface area contributed by atoms with Crippen LogP contribution < -0.4 is 16.4 Å². The van der Waals surface area contributed by atoms with Crippen LogP contribution in [-0.2, 0) is 11.3 Å². The monoisotopic (exact) mass is 350 g/mol. The molecule has 0 aliphatic carbocycles. The van der Waals surface area contributed by atoms with E-state index in [4.69, 9.17) is 10.5 Å². The smallest absolute Gasteiger partial charge is 0.411 e. The number of pyridine rings is 1. The predicted molar refractivity (Wildman–Crippen MR) is 99.8 cm³/mol. The number of carbonyl (C=O) groups excluding carboxylic acids is 1. The molecule has 2 aromatic rings. The van der Waals surface area contributed by atoms with Crippen molar-refractivity contribution in [3.63, 3.8) is 0 Å². The Morgan fingerprint density at radius 2 is 1.88 bits per heavy atom. The Bertz CT molecular complexity index is 687. The molecule has 0 atom stereocenters. The van der Waals surface area contributed by atoms with E-state index in [0.717, 1.165) is 0 Å². The Morgan fingerprint density at radius 1 is 1.21 bits per heavy atom. The SMILES string of the molecule is CCOC(=O)Nc1ccc(NCc2c(C)cccc2C)nc1N.Cl. The molecule has 0 aliphatic heterocycles. The van der Waals surface area contributed by atoms with Gasteiger partial charge in [0.05, 0.1) is 12.3 Å². The van der Waals surface area contributed by atoms with Gasteiger partial charge < -0.3 is 15.8 Å². The van der Waals surface area contributed by atoms with Crippen LogP contribution in [0.15, 0.2) is 30.3 Å². The number of benzene rings is 1. The van der Waals surface area contributed by atoms with Gasteiger partial charge in [0, 0.05) is 6.54 Å². The minimum Gasteiger partial charge on any atom is -0.450 e. The second kappa shape index (κ2) is 8.98. The molecule has 24 heavy (non-hydrogen) atoms. The third-order valence-corrected chi connectivity index (χ3v) is 3.53. The number of amides is 1. The van der Waals surface area contributed by atoms with E-state index in [1.54, 1.807) is 19.1 Å². The van der Waals surface area contributed by atoms with Gasteiger partial charge in [-0.15, -0.1) is 12.4 Å².